The summed E-state index contributed by atoms with van der Waals surface area (Å²) in [5, 5.41) is 3.44. The highest BCUT2D eigenvalue weighted by Crippen LogP contribution is 2.24. The maximum absolute atomic E-state index is 5.76. The second-order valence-corrected chi connectivity index (χ2v) is 5.49. The van der Waals surface area contributed by atoms with Crippen LogP contribution in [-0.2, 0) is 6.54 Å². The lowest BCUT2D eigenvalue weighted by Gasteiger charge is -2.07. The highest BCUT2D eigenvalue weighted by Gasteiger charge is 2.20. The predicted octanol–water partition coefficient (Wildman–Crippen LogP) is 3.28. The number of pyridine rings is 2. The third-order valence-corrected chi connectivity index (χ3v) is 3.29. The van der Waals surface area contributed by atoms with Gasteiger partial charge in [0.15, 0.2) is 0 Å². The molecule has 4 nitrogen and oxygen atoms in total. The molecule has 1 aliphatic carbocycles. The van der Waals surface area contributed by atoms with Crippen molar-refractivity contribution in [1.82, 2.24) is 15.3 Å². The molecule has 0 amide bonds. The molecule has 2 heterocycles. The number of nitrogens with zero attached hydrogens (tertiary/aromatic N) is 2. The number of rotatable bonds is 5. The number of nitrogens with one attached hydrogen (secondary N) is 1. The molecule has 0 atom stereocenters. The predicted molar refractivity (Wildman–Crippen MR) is 76.1 cm³/mol. The lowest BCUT2D eigenvalue weighted by atomic mass is 10.3. The van der Waals surface area contributed by atoms with Crippen molar-refractivity contribution in [2.75, 3.05) is 0 Å². The molecular weight excluding hydrogens is 306 g/mol. The van der Waals surface area contributed by atoms with E-state index >= 15 is 0 Å². The van der Waals surface area contributed by atoms with Crippen LogP contribution >= 0.6 is 15.9 Å². The number of hydrogen-bond donors (Lipinski definition) is 1. The minimum Gasteiger partial charge on any atom is -0.456 e. The summed E-state index contributed by atoms with van der Waals surface area (Å²) in [6, 6.07) is 6.37. The van der Waals surface area contributed by atoms with Crippen molar-refractivity contribution in [3.63, 3.8) is 0 Å². The molecule has 19 heavy (non-hydrogen) atoms. The normalized spacial score (nSPS) is 14.4. The van der Waals surface area contributed by atoms with Crippen molar-refractivity contribution in [2.45, 2.75) is 25.4 Å². The maximum Gasteiger partial charge on any atom is 0.146 e. The van der Waals surface area contributed by atoms with Crippen molar-refractivity contribution in [2.24, 2.45) is 0 Å². The molecule has 98 valence electrons. The monoisotopic (exact) mass is 319 g/mol. The molecule has 2 aromatic rings. The second kappa shape index (κ2) is 5.67. The van der Waals surface area contributed by atoms with Crippen molar-refractivity contribution < 1.29 is 4.74 Å². The summed E-state index contributed by atoms with van der Waals surface area (Å²) in [4.78, 5) is 8.40. The molecule has 1 fully saturated rings. The first kappa shape index (κ1) is 12.6. The lowest BCUT2D eigenvalue weighted by Crippen LogP contribution is -2.16. The molecule has 0 saturated heterocycles. The fourth-order valence-corrected chi connectivity index (χ4v) is 2.08. The van der Waals surface area contributed by atoms with Crippen molar-refractivity contribution in [3.05, 3.63) is 47.0 Å². The average Bonchev–Trinajstić information content (AvgIpc) is 3.21. The van der Waals surface area contributed by atoms with E-state index in [0.717, 1.165) is 22.5 Å². The zero-order valence-electron chi connectivity index (χ0n) is 10.3. The van der Waals surface area contributed by atoms with Gasteiger partial charge in [-0.3, -0.25) is 9.97 Å². The Morgan fingerprint density at radius 2 is 2.16 bits per heavy atom. The molecule has 2 aromatic heterocycles. The van der Waals surface area contributed by atoms with Gasteiger partial charge in [0.2, 0.25) is 0 Å². The van der Waals surface area contributed by atoms with Crippen molar-refractivity contribution >= 4 is 15.9 Å². The Morgan fingerprint density at radius 3 is 2.95 bits per heavy atom. The van der Waals surface area contributed by atoms with E-state index in [1.807, 2.05) is 18.2 Å². The Morgan fingerprint density at radius 1 is 1.26 bits per heavy atom. The van der Waals surface area contributed by atoms with Crippen LogP contribution in [0.25, 0.3) is 0 Å². The van der Waals surface area contributed by atoms with Crippen molar-refractivity contribution in [1.29, 1.82) is 0 Å². The zero-order chi connectivity index (χ0) is 13.1. The summed E-state index contributed by atoms with van der Waals surface area (Å²) in [6.45, 7) is 0.790. The molecule has 3 rings (SSSR count). The lowest BCUT2D eigenvalue weighted by molar-refractivity contribution is 0.477. The fraction of sp³-hybridized carbons (Fsp3) is 0.286. The van der Waals surface area contributed by atoms with Crippen molar-refractivity contribution in [3.8, 4) is 11.5 Å². The second-order valence-electron chi connectivity index (χ2n) is 4.58. The highest BCUT2D eigenvalue weighted by atomic mass is 79.9. The third-order valence-electron chi connectivity index (χ3n) is 2.85. The average molecular weight is 320 g/mol. The molecule has 0 unspecified atom stereocenters. The van der Waals surface area contributed by atoms with Crippen LogP contribution in [-0.4, -0.2) is 16.0 Å². The van der Waals surface area contributed by atoms with Crippen LogP contribution in [0.2, 0.25) is 0 Å². The first-order chi connectivity index (χ1) is 9.29. The largest absolute Gasteiger partial charge is 0.456 e. The van der Waals surface area contributed by atoms with Gasteiger partial charge in [0.1, 0.15) is 11.5 Å². The number of ether oxygens (including phenoxy) is 1. The van der Waals surface area contributed by atoms with E-state index in [-0.39, 0.29) is 0 Å². The van der Waals surface area contributed by atoms with Crippen LogP contribution < -0.4 is 10.1 Å². The zero-order valence-corrected chi connectivity index (χ0v) is 11.9. The van der Waals surface area contributed by atoms with E-state index in [1.165, 1.54) is 12.8 Å². The molecule has 0 aliphatic heterocycles. The minimum atomic E-state index is 0.681. The van der Waals surface area contributed by atoms with Gasteiger partial charge < -0.3 is 10.1 Å². The molecule has 0 aromatic carbocycles. The van der Waals surface area contributed by atoms with Gasteiger partial charge >= 0.3 is 0 Å². The van der Waals surface area contributed by atoms with Gasteiger partial charge in [-0.25, -0.2) is 0 Å². The Balaban J connectivity index is 1.67. The van der Waals surface area contributed by atoms with Crippen LogP contribution in [0.1, 0.15) is 18.5 Å². The van der Waals surface area contributed by atoms with Gasteiger partial charge in [0.25, 0.3) is 0 Å². The number of hydrogen-bond acceptors (Lipinski definition) is 4. The van der Waals surface area contributed by atoms with Gasteiger partial charge in [0, 0.05) is 35.5 Å². The molecular formula is C14H14BrN3O. The maximum atomic E-state index is 5.76. The highest BCUT2D eigenvalue weighted by molar-refractivity contribution is 9.10. The molecule has 0 spiro atoms. The van der Waals surface area contributed by atoms with Gasteiger partial charge in [0.05, 0.1) is 11.9 Å². The fourth-order valence-electron chi connectivity index (χ4n) is 1.74. The summed E-state index contributed by atoms with van der Waals surface area (Å²) in [6.07, 6.45) is 7.74. The summed E-state index contributed by atoms with van der Waals surface area (Å²) in [5.41, 5.74) is 0.993. The Bertz CT molecular complexity index is 572. The molecule has 1 N–H and O–H groups in total. The van der Waals surface area contributed by atoms with E-state index in [2.05, 4.69) is 31.2 Å². The van der Waals surface area contributed by atoms with Gasteiger partial charge in [-0.05, 0) is 40.9 Å². The number of aromatic nitrogens is 2. The minimum absolute atomic E-state index is 0.681. The molecule has 1 aliphatic rings. The van der Waals surface area contributed by atoms with Gasteiger partial charge in [-0.1, -0.05) is 0 Å². The molecule has 0 bridgehead atoms. The molecule has 1 saturated carbocycles. The van der Waals surface area contributed by atoms with E-state index in [1.54, 1.807) is 18.6 Å². The standard InChI is InChI=1S/C14H14BrN3O/c15-10-5-14(9-16-7-10)19-13-3-4-17-12(6-13)8-18-11-1-2-11/h3-7,9,11,18H,1-2,8H2. The first-order valence-corrected chi connectivity index (χ1v) is 7.05. The van der Waals surface area contributed by atoms with E-state index in [0.29, 0.717) is 11.8 Å². The van der Waals surface area contributed by atoms with Crippen LogP contribution in [0.4, 0.5) is 0 Å². The number of halogens is 1. The summed E-state index contributed by atoms with van der Waals surface area (Å²) in [5.74, 6) is 1.49. The molecule has 0 radical (unpaired) electrons. The summed E-state index contributed by atoms with van der Waals surface area (Å²) in [7, 11) is 0. The smallest absolute Gasteiger partial charge is 0.146 e. The summed E-state index contributed by atoms with van der Waals surface area (Å²) >= 11 is 3.37. The quantitative estimate of drug-likeness (QED) is 0.918. The Kier molecular flexibility index (Phi) is 3.75. The van der Waals surface area contributed by atoms with Crippen LogP contribution in [0.15, 0.2) is 41.3 Å². The van der Waals surface area contributed by atoms with Crippen LogP contribution in [0, 0.1) is 0 Å². The summed E-state index contributed by atoms with van der Waals surface area (Å²) < 4.78 is 6.66. The Labute approximate surface area is 120 Å². The van der Waals surface area contributed by atoms with E-state index in [4.69, 9.17) is 4.74 Å². The van der Waals surface area contributed by atoms with Gasteiger partial charge in [-0.15, -0.1) is 0 Å². The van der Waals surface area contributed by atoms with E-state index < -0.39 is 0 Å². The SMILES string of the molecule is Brc1cncc(Oc2ccnc(CNC3CC3)c2)c1. The first-order valence-electron chi connectivity index (χ1n) is 6.26. The Hall–Kier alpha value is -1.46. The van der Waals surface area contributed by atoms with Crippen LogP contribution in [0.3, 0.4) is 0 Å². The van der Waals surface area contributed by atoms with E-state index in [9.17, 15) is 0 Å². The topological polar surface area (TPSA) is 47.0 Å². The van der Waals surface area contributed by atoms with Crippen LogP contribution in [0.5, 0.6) is 11.5 Å². The van der Waals surface area contributed by atoms with Gasteiger partial charge in [-0.2, -0.15) is 0 Å². The third kappa shape index (κ3) is 3.75. The molecule has 5 heteroatoms.